The Morgan fingerprint density at radius 2 is 1.90 bits per heavy atom. The Balaban J connectivity index is 2.10. The van der Waals surface area contributed by atoms with E-state index in [1.807, 2.05) is 55.7 Å². The summed E-state index contributed by atoms with van der Waals surface area (Å²) < 4.78 is 5.39. The Kier molecular flexibility index (Phi) is 3.59. The lowest BCUT2D eigenvalue weighted by Crippen LogP contribution is -2.13. The van der Waals surface area contributed by atoms with E-state index in [0.29, 0.717) is 0 Å². The summed E-state index contributed by atoms with van der Waals surface area (Å²) in [6.45, 7) is 2.02. The molecule has 1 aromatic heterocycles. The number of methoxy groups -OCH3 is 1. The molecule has 2 N–H and O–H groups in total. The molecular weight excluding hydrogens is 260 g/mol. The average Bonchev–Trinajstić information content (AvgIpc) is 2.54. The molecule has 1 heterocycles. The molecule has 0 radical (unpaired) electrons. The number of aryl methyl sites for hydroxylation is 1. The second-order valence-corrected chi connectivity index (χ2v) is 5.16. The first-order chi connectivity index (χ1) is 10.2. The van der Waals surface area contributed by atoms with Gasteiger partial charge >= 0.3 is 0 Å². The molecule has 0 bridgehead atoms. The molecule has 2 aromatic carbocycles. The highest BCUT2D eigenvalue weighted by molar-refractivity contribution is 5.85. The van der Waals surface area contributed by atoms with Crippen LogP contribution in [0.2, 0.25) is 0 Å². The van der Waals surface area contributed by atoms with E-state index in [2.05, 4.69) is 11.1 Å². The molecule has 3 nitrogen and oxygen atoms in total. The van der Waals surface area contributed by atoms with Crippen LogP contribution < -0.4 is 10.5 Å². The highest BCUT2D eigenvalue weighted by Crippen LogP contribution is 2.29. The van der Waals surface area contributed by atoms with Gasteiger partial charge in [-0.1, -0.05) is 36.4 Å². The summed E-state index contributed by atoms with van der Waals surface area (Å²) in [5.41, 5.74) is 9.61. The number of benzene rings is 2. The number of hydrogen-bond donors (Lipinski definition) is 1. The van der Waals surface area contributed by atoms with Crippen molar-refractivity contribution < 1.29 is 4.74 Å². The van der Waals surface area contributed by atoms with E-state index >= 15 is 0 Å². The SMILES string of the molecule is COc1cc(C(N)c2cncc3ccccc23)ccc1C. The maximum absolute atomic E-state index is 6.46. The predicted octanol–water partition coefficient (Wildman–Crippen LogP) is 3.60. The van der Waals surface area contributed by atoms with E-state index in [1.54, 1.807) is 7.11 Å². The third-order valence-corrected chi connectivity index (χ3v) is 3.83. The summed E-state index contributed by atoms with van der Waals surface area (Å²) in [6.07, 6.45) is 3.71. The van der Waals surface area contributed by atoms with Gasteiger partial charge in [0.1, 0.15) is 5.75 Å². The quantitative estimate of drug-likeness (QED) is 0.796. The molecule has 0 saturated carbocycles. The molecule has 0 fully saturated rings. The van der Waals surface area contributed by atoms with Gasteiger partial charge < -0.3 is 10.5 Å². The Morgan fingerprint density at radius 3 is 2.71 bits per heavy atom. The van der Waals surface area contributed by atoms with Gasteiger partial charge in [-0.15, -0.1) is 0 Å². The number of hydrogen-bond acceptors (Lipinski definition) is 3. The first kappa shape index (κ1) is 13.6. The number of fused-ring (bicyclic) bond motifs is 1. The maximum Gasteiger partial charge on any atom is 0.122 e. The van der Waals surface area contributed by atoms with Crippen LogP contribution in [-0.4, -0.2) is 12.1 Å². The lowest BCUT2D eigenvalue weighted by Gasteiger charge is -2.16. The predicted molar refractivity (Wildman–Crippen MR) is 85.5 cm³/mol. The molecular formula is C18H18N2O. The van der Waals surface area contributed by atoms with Crippen molar-refractivity contribution in [1.29, 1.82) is 0 Å². The standard InChI is InChI=1S/C18H18N2O/c1-12-7-8-13(9-17(12)21-2)18(19)16-11-20-10-14-5-3-4-6-15(14)16/h3-11,18H,19H2,1-2H3. The zero-order chi connectivity index (χ0) is 14.8. The van der Waals surface area contributed by atoms with Crippen molar-refractivity contribution >= 4 is 10.8 Å². The number of ether oxygens (including phenoxy) is 1. The van der Waals surface area contributed by atoms with Gasteiger partial charge in [0.05, 0.1) is 13.2 Å². The molecule has 0 spiro atoms. The molecule has 0 saturated heterocycles. The Bertz CT molecular complexity index is 778. The van der Waals surface area contributed by atoms with E-state index in [-0.39, 0.29) is 6.04 Å². The molecule has 0 amide bonds. The first-order valence-corrected chi connectivity index (χ1v) is 6.93. The largest absolute Gasteiger partial charge is 0.496 e. The minimum atomic E-state index is -0.224. The fourth-order valence-corrected chi connectivity index (χ4v) is 2.60. The number of nitrogens with zero attached hydrogens (tertiary/aromatic N) is 1. The van der Waals surface area contributed by atoms with Crippen molar-refractivity contribution in [2.24, 2.45) is 5.73 Å². The number of aromatic nitrogens is 1. The Labute approximate surface area is 124 Å². The van der Waals surface area contributed by atoms with Crippen molar-refractivity contribution in [3.63, 3.8) is 0 Å². The second kappa shape index (κ2) is 5.54. The lowest BCUT2D eigenvalue weighted by molar-refractivity contribution is 0.411. The van der Waals surface area contributed by atoms with Crippen LogP contribution in [0.15, 0.2) is 54.9 Å². The summed E-state index contributed by atoms with van der Waals surface area (Å²) in [5, 5.41) is 2.24. The second-order valence-electron chi connectivity index (χ2n) is 5.16. The zero-order valence-corrected chi connectivity index (χ0v) is 12.2. The van der Waals surface area contributed by atoms with Crippen molar-refractivity contribution in [1.82, 2.24) is 4.98 Å². The average molecular weight is 278 g/mol. The maximum atomic E-state index is 6.46. The van der Waals surface area contributed by atoms with Crippen LogP contribution in [0.5, 0.6) is 5.75 Å². The lowest BCUT2D eigenvalue weighted by atomic mass is 9.95. The highest BCUT2D eigenvalue weighted by Gasteiger charge is 2.14. The van der Waals surface area contributed by atoms with Gasteiger partial charge in [-0.3, -0.25) is 4.98 Å². The Hall–Kier alpha value is -2.39. The van der Waals surface area contributed by atoms with Crippen LogP contribution >= 0.6 is 0 Å². The smallest absolute Gasteiger partial charge is 0.122 e. The minimum absolute atomic E-state index is 0.224. The van der Waals surface area contributed by atoms with Crippen LogP contribution in [-0.2, 0) is 0 Å². The fraction of sp³-hybridized carbons (Fsp3) is 0.167. The van der Waals surface area contributed by atoms with E-state index in [9.17, 15) is 0 Å². The van der Waals surface area contributed by atoms with Crippen molar-refractivity contribution in [2.75, 3.05) is 7.11 Å². The van der Waals surface area contributed by atoms with E-state index in [0.717, 1.165) is 33.2 Å². The molecule has 1 atom stereocenters. The number of rotatable bonds is 3. The normalized spacial score (nSPS) is 12.3. The summed E-state index contributed by atoms with van der Waals surface area (Å²) in [4.78, 5) is 4.31. The fourth-order valence-electron chi connectivity index (χ4n) is 2.60. The van der Waals surface area contributed by atoms with Crippen LogP contribution in [0.4, 0.5) is 0 Å². The first-order valence-electron chi connectivity index (χ1n) is 6.93. The van der Waals surface area contributed by atoms with Crippen LogP contribution in [0.1, 0.15) is 22.7 Å². The molecule has 0 aliphatic heterocycles. The molecule has 3 aromatic rings. The van der Waals surface area contributed by atoms with Gasteiger partial charge in [-0.25, -0.2) is 0 Å². The molecule has 0 aliphatic rings. The van der Waals surface area contributed by atoms with Gasteiger partial charge in [-0.2, -0.15) is 0 Å². The summed E-state index contributed by atoms with van der Waals surface area (Å²) in [7, 11) is 1.68. The topological polar surface area (TPSA) is 48.1 Å². The van der Waals surface area contributed by atoms with Crippen molar-refractivity contribution in [3.8, 4) is 5.75 Å². The van der Waals surface area contributed by atoms with Gasteiger partial charge in [0.15, 0.2) is 0 Å². The summed E-state index contributed by atoms with van der Waals surface area (Å²) in [5.74, 6) is 0.858. The van der Waals surface area contributed by atoms with Crippen molar-refractivity contribution in [3.05, 3.63) is 71.5 Å². The van der Waals surface area contributed by atoms with E-state index in [1.165, 1.54) is 0 Å². The van der Waals surface area contributed by atoms with Gasteiger partial charge in [0.2, 0.25) is 0 Å². The minimum Gasteiger partial charge on any atom is -0.496 e. The zero-order valence-electron chi connectivity index (χ0n) is 12.2. The third kappa shape index (κ3) is 2.48. The third-order valence-electron chi connectivity index (χ3n) is 3.83. The van der Waals surface area contributed by atoms with E-state index in [4.69, 9.17) is 10.5 Å². The Morgan fingerprint density at radius 1 is 1.10 bits per heavy atom. The number of pyridine rings is 1. The molecule has 1 unspecified atom stereocenters. The van der Waals surface area contributed by atoms with Crippen molar-refractivity contribution in [2.45, 2.75) is 13.0 Å². The monoisotopic (exact) mass is 278 g/mol. The summed E-state index contributed by atoms with van der Waals surface area (Å²) in [6, 6.07) is 14.0. The van der Waals surface area contributed by atoms with Crippen LogP contribution in [0.25, 0.3) is 10.8 Å². The van der Waals surface area contributed by atoms with Crippen LogP contribution in [0.3, 0.4) is 0 Å². The molecule has 21 heavy (non-hydrogen) atoms. The molecule has 3 rings (SSSR count). The summed E-state index contributed by atoms with van der Waals surface area (Å²) >= 11 is 0. The van der Waals surface area contributed by atoms with Crippen LogP contribution in [0, 0.1) is 6.92 Å². The van der Waals surface area contributed by atoms with E-state index < -0.39 is 0 Å². The molecule has 3 heteroatoms. The van der Waals surface area contributed by atoms with Gasteiger partial charge in [-0.05, 0) is 35.1 Å². The number of nitrogens with two attached hydrogens (primary N) is 1. The van der Waals surface area contributed by atoms with Gasteiger partial charge in [0, 0.05) is 17.8 Å². The molecule has 0 aliphatic carbocycles. The highest BCUT2D eigenvalue weighted by atomic mass is 16.5. The van der Waals surface area contributed by atoms with Gasteiger partial charge in [0.25, 0.3) is 0 Å². The molecule has 106 valence electrons.